The summed E-state index contributed by atoms with van der Waals surface area (Å²) in [5, 5.41) is 7.94. The third kappa shape index (κ3) is 3.35. The van der Waals surface area contributed by atoms with E-state index in [-0.39, 0.29) is 6.10 Å². The molecule has 1 fully saturated rings. The topological polar surface area (TPSA) is 42.3 Å². The average molecular weight is 266 g/mol. The van der Waals surface area contributed by atoms with Crippen LogP contribution in [0.4, 0.5) is 0 Å². The summed E-state index contributed by atoms with van der Waals surface area (Å²) in [4.78, 5) is 2.38. The standard InChI is InChI=1S/C14H26N4O/c1-5-6-15-9-13-14(17(3)7-8-19-13)12-10-18(4)16-11(12)2/h10,13-15H,5-9H2,1-4H3. The average Bonchev–Trinajstić information content (AvgIpc) is 2.69. The van der Waals surface area contributed by atoms with Gasteiger partial charge in [-0.2, -0.15) is 5.10 Å². The van der Waals surface area contributed by atoms with E-state index in [1.54, 1.807) is 0 Å². The number of rotatable bonds is 5. The smallest absolute Gasteiger partial charge is 0.0897 e. The van der Waals surface area contributed by atoms with Gasteiger partial charge in [-0.1, -0.05) is 6.92 Å². The van der Waals surface area contributed by atoms with Crippen molar-refractivity contribution >= 4 is 0 Å². The maximum atomic E-state index is 5.99. The zero-order valence-corrected chi connectivity index (χ0v) is 12.5. The summed E-state index contributed by atoms with van der Waals surface area (Å²) in [6, 6.07) is 0.298. The molecule has 0 spiro atoms. The van der Waals surface area contributed by atoms with Crippen LogP contribution in [-0.4, -0.2) is 54.1 Å². The van der Waals surface area contributed by atoms with Gasteiger partial charge >= 0.3 is 0 Å². The largest absolute Gasteiger partial charge is 0.374 e. The summed E-state index contributed by atoms with van der Waals surface area (Å²) in [7, 11) is 4.15. The molecule has 2 unspecified atom stereocenters. The van der Waals surface area contributed by atoms with E-state index in [0.717, 1.165) is 38.4 Å². The van der Waals surface area contributed by atoms with Gasteiger partial charge in [0.05, 0.1) is 24.4 Å². The number of ether oxygens (including phenoxy) is 1. The fourth-order valence-corrected chi connectivity index (χ4v) is 2.80. The van der Waals surface area contributed by atoms with Crippen LogP contribution in [-0.2, 0) is 11.8 Å². The SMILES string of the molecule is CCCNCC1OCCN(C)C1c1cn(C)nc1C. The van der Waals surface area contributed by atoms with Gasteiger partial charge in [-0.25, -0.2) is 0 Å². The summed E-state index contributed by atoms with van der Waals surface area (Å²) in [5.41, 5.74) is 2.39. The first-order valence-corrected chi connectivity index (χ1v) is 7.16. The highest BCUT2D eigenvalue weighted by Gasteiger charge is 2.33. The maximum absolute atomic E-state index is 5.99. The van der Waals surface area contributed by atoms with Gasteiger partial charge in [-0.3, -0.25) is 9.58 Å². The lowest BCUT2D eigenvalue weighted by molar-refractivity contribution is -0.0614. The molecule has 1 aromatic heterocycles. The van der Waals surface area contributed by atoms with Crippen molar-refractivity contribution in [2.45, 2.75) is 32.4 Å². The van der Waals surface area contributed by atoms with Crippen LogP contribution in [0, 0.1) is 6.92 Å². The van der Waals surface area contributed by atoms with Crippen molar-refractivity contribution in [3.05, 3.63) is 17.5 Å². The van der Waals surface area contributed by atoms with Crippen LogP contribution in [0.3, 0.4) is 0 Å². The van der Waals surface area contributed by atoms with Gasteiger partial charge in [-0.05, 0) is 26.9 Å². The van der Waals surface area contributed by atoms with E-state index in [9.17, 15) is 0 Å². The Hall–Kier alpha value is -0.910. The molecule has 108 valence electrons. The molecule has 0 aliphatic carbocycles. The first kappa shape index (κ1) is 14.5. The third-order valence-corrected chi connectivity index (χ3v) is 3.75. The lowest BCUT2D eigenvalue weighted by atomic mass is 9.99. The molecular weight excluding hydrogens is 240 g/mol. The van der Waals surface area contributed by atoms with E-state index in [2.05, 4.69) is 42.4 Å². The van der Waals surface area contributed by atoms with Crippen LogP contribution in [0.25, 0.3) is 0 Å². The molecule has 5 heteroatoms. The molecule has 0 saturated carbocycles. The van der Waals surface area contributed by atoms with Crippen molar-refractivity contribution in [1.82, 2.24) is 20.0 Å². The van der Waals surface area contributed by atoms with Crippen molar-refractivity contribution in [2.24, 2.45) is 7.05 Å². The molecule has 0 amide bonds. The van der Waals surface area contributed by atoms with E-state index < -0.39 is 0 Å². The van der Waals surface area contributed by atoms with Crippen LogP contribution in [0.2, 0.25) is 0 Å². The Labute approximate surface area is 115 Å². The summed E-state index contributed by atoms with van der Waals surface area (Å²) >= 11 is 0. The number of hydrogen-bond donors (Lipinski definition) is 1. The van der Waals surface area contributed by atoms with Gasteiger partial charge in [0.25, 0.3) is 0 Å². The normalized spacial score (nSPS) is 24.8. The molecule has 1 saturated heterocycles. The summed E-state index contributed by atoms with van der Waals surface area (Å²) in [6.07, 6.45) is 3.48. The predicted molar refractivity (Wildman–Crippen MR) is 76.2 cm³/mol. The molecular formula is C14H26N4O. The van der Waals surface area contributed by atoms with Gasteiger partial charge in [0, 0.05) is 31.9 Å². The van der Waals surface area contributed by atoms with Crippen molar-refractivity contribution in [1.29, 1.82) is 0 Å². The van der Waals surface area contributed by atoms with E-state index in [1.165, 1.54) is 5.56 Å². The second kappa shape index (κ2) is 6.50. The molecule has 0 radical (unpaired) electrons. The zero-order chi connectivity index (χ0) is 13.8. The van der Waals surface area contributed by atoms with Gasteiger partial charge < -0.3 is 10.1 Å². The van der Waals surface area contributed by atoms with Crippen LogP contribution in [0.5, 0.6) is 0 Å². The van der Waals surface area contributed by atoms with Gasteiger partial charge in [0.15, 0.2) is 0 Å². The summed E-state index contributed by atoms with van der Waals surface area (Å²) in [5.74, 6) is 0. The Bertz CT molecular complexity index is 404. The van der Waals surface area contributed by atoms with E-state index in [4.69, 9.17) is 4.74 Å². The molecule has 0 aromatic carbocycles. The minimum atomic E-state index is 0.202. The molecule has 2 heterocycles. The first-order valence-electron chi connectivity index (χ1n) is 7.16. The fraction of sp³-hybridized carbons (Fsp3) is 0.786. The van der Waals surface area contributed by atoms with Crippen LogP contribution < -0.4 is 5.32 Å². The Morgan fingerprint density at radius 3 is 2.89 bits per heavy atom. The first-order chi connectivity index (χ1) is 9.13. The molecule has 2 rings (SSSR count). The van der Waals surface area contributed by atoms with Crippen molar-refractivity contribution in [3.63, 3.8) is 0 Å². The molecule has 19 heavy (non-hydrogen) atoms. The van der Waals surface area contributed by atoms with Crippen molar-refractivity contribution in [2.75, 3.05) is 33.3 Å². The van der Waals surface area contributed by atoms with E-state index in [0.29, 0.717) is 6.04 Å². The highest BCUT2D eigenvalue weighted by molar-refractivity contribution is 5.22. The number of aryl methyl sites for hydroxylation is 2. The number of nitrogens with zero attached hydrogens (tertiary/aromatic N) is 3. The van der Waals surface area contributed by atoms with Crippen LogP contribution in [0.15, 0.2) is 6.20 Å². The Balaban J connectivity index is 2.14. The van der Waals surface area contributed by atoms with E-state index >= 15 is 0 Å². The maximum Gasteiger partial charge on any atom is 0.0897 e. The minimum Gasteiger partial charge on any atom is -0.374 e. The monoisotopic (exact) mass is 266 g/mol. The third-order valence-electron chi connectivity index (χ3n) is 3.75. The quantitative estimate of drug-likeness (QED) is 0.811. The molecule has 1 aliphatic rings. The highest BCUT2D eigenvalue weighted by Crippen LogP contribution is 2.29. The van der Waals surface area contributed by atoms with Gasteiger partial charge in [0.2, 0.25) is 0 Å². The second-order valence-electron chi connectivity index (χ2n) is 5.38. The molecule has 1 N–H and O–H groups in total. The van der Waals surface area contributed by atoms with E-state index in [1.807, 2.05) is 11.7 Å². The summed E-state index contributed by atoms with van der Waals surface area (Å²) < 4.78 is 7.88. The predicted octanol–water partition coefficient (Wildman–Crippen LogP) is 1.10. The van der Waals surface area contributed by atoms with Crippen LogP contribution in [0.1, 0.15) is 30.6 Å². The lowest BCUT2D eigenvalue weighted by Crippen LogP contribution is -2.47. The Morgan fingerprint density at radius 2 is 2.26 bits per heavy atom. The number of nitrogens with one attached hydrogen (secondary N) is 1. The van der Waals surface area contributed by atoms with Crippen molar-refractivity contribution in [3.8, 4) is 0 Å². The molecule has 5 nitrogen and oxygen atoms in total. The molecule has 0 bridgehead atoms. The number of likely N-dealkylation sites (N-methyl/N-ethyl adjacent to an activating group) is 1. The van der Waals surface area contributed by atoms with Crippen molar-refractivity contribution < 1.29 is 4.74 Å². The minimum absolute atomic E-state index is 0.202. The second-order valence-corrected chi connectivity index (χ2v) is 5.38. The molecule has 1 aromatic rings. The number of aromatic nitrogens is 2. The Kier molecular flexibility index (Phi) is 4.96. The number of morpholine rings is 1. The van der Waals surface area contributed by atoms with Gasteiger partial charge in [-0.15, -0.1) is 0 Å². The van der Waals surface area contributed by atoms with Crippen LogP contribution >= 0.6 is 0 Å². The zero-order valence-electron chi connectivity index (χ0n) is 12.5. The lowest BCUT2D eigenvalue weighted by Gasteiger charge is -2.39. The summed E-state index contributed by atoms with van der Waals surface area (Å²) in [6.45, 7) is 7.99. The highest BCUT2D eigenvalue weighted by atomic mass is 16.5. The molecule has 2 atom stereocenters. The fourth-order valence-electron chi connectivity index (χ4n) is 2.80. The molecule has 1 aliphatic heterocycles. The Morgan fingerprint density at radius 1 is 1.47 bits per heavy atom. The van der Waals surface area contributed by atoms with Gasteiger partial charge in [0.1, 0.15) is 0 Å². The number of hydrogen-bond acceptors (Lipinski definition) is 4.